The maximum Gasteiger partial charge on any atom is 0.310 e. The highest BCUT2D eigenvalue weighted by atomic mass is 16.5. The molecule has 6 nitrogen and oxygen atoms in total. The second-order valence-electron chi connectivity index (χ2n) is 9.57. The molecule has 3 aromatic rings. The van der Waals surface area contributed by atoms with E-state index >= 15 is 0 Å². The molecule has 3 atom stereocenters. The Morgan fingerprint density at radius 2 is 1.57 bits per heavy atom. The molecule has 0 radical (unpaired) electrons. The normalized spacial score (nSPS) is 21.6. The van der Waals surface area contributed by atoms with E-state index in [1.165, 1.54) is 22.3 Å². The Bertz CT molecular complexity index is 1160. The van der Waals surface area contributed by atoms with E-state index in [0.717, 1.165) is 23.7 Å². The molecule has 1 heterocycles. The molecule has 1 saturated carbocycles. The number of hydrogen-bond acceptors (Lipinski definition) is 6. The van der Waals surface area contributed by atoms with Gasteiger partial charge in [-0.05, 0) is 71.8 Å². The number of carbonyl (C=O) groups is 1. The van der Waals surface area contributed by atoms with Crippen LogP contribution in [0.2, 0.25) is 0 Å². The number of pyridine rings is 1. The number of benzene rings is 2. The summed E-state index contributed by atoms with van der Waals surface area (Å²) in [6.07, 6.45) is 2.88. The van der Waals surface area contributed by atoms with Gasteiger partial charge in [0.2, 0.25) is 0 Å². The van der Waals surface area contributed by atoms with Gasteiger partial charge in [0.25, 0.3) is 0 Å². The zero-order chi connectivity index (χ0) is 24.6. The second-order valence-corrected chi connectivity index (χ2v) is 9.57. The molecular formula is C29H32N2O4. The lowest BCUT2D eigenvalue weighted by Crippen LogP contribution is -2.24. The Morgan fingerprint density at radius 1 is 1.00 bits per heavy atom. The highest BCUT2D eigenvalue weighted by Gasteiger charge is 2.70. The van der Waals surface area contributed by atoms with E-state index in [9.17, 15) is 4.79 Å². The Hall–Kier alpha value is -3.54. The van der Waals surface area contributed by atoms with E-state index in [0.29, 0.717) is 25.6 Å². The summed E-state index contributed by atoms with van der Waals surface area (Å²) in [5.41, 5.74) is 4.69. The molecule has 5 rings (SSSR count). The minimum atomic E-state index is -0.149. The average molecular weight is 473 g/mol. The molecule has 0 N–H and O–H groups in total. The summed E-state index contributed by atoms with van der Waals surface area (Å²) in [4.78, 5) is 19.6. The molecule has 182 valence electrons. The first-order valence-corrected chi connectivity index (χ1v) is 12.1. The van der Waals surface area contributed by atoms with Crippen molar-refractivity contribution in [1.82, 2.24) is 4.98 Å². The zero-order valence-electron chi connectivity index (χ0n) is 20.8. The van der Waals surface area contributed by atoms with Crippen molar-refractivity contribution in [3.8, 4) is 11.5 Å². The van der Waals surface area contributed by atoms with Gasteiger partial charge < -0.3 is 19.1 Å². The highest BCUT2D eigenvalue weighted by molar-refractivity contribution is 5.81. The van der Waals surface area contributed by atoms with Crippen molar-refractivity contribution in [2.24, 2.45) is 11.8 Å². The number of methoxy groups -OCH3 is 2. The summed E-state index contributed by atoms with van der Waals surface area (Å²) < 4.78 is 16.0. The van der Waals surface area contributed by atoms with Gasteiger partial charge in [0.15, 0.2) is 0 Å². The first kappa shape index (κ1) is 23.2. The smallest absolute Gasteiger partial charge is 0.310 e. The van der Waals surface area contributed by atoms with Crippen LogP contribution in [0.3, 0.4) is 0 Å². The van der Waals surface area contributed by atoms with E-state index in [4.69, 9.17) is 19.2 Å². The predicted octanol–water partition coefficient (Wildman–Crippen LogP) is 4.93. The maximum atomic E-state index is 12.4. The van der Waals surface area contributed by atoms with Crippen molar-refractivity contribution in [1.29, 1.82) is 0 Å². The van der Waals surface area contributed by atoms with E-state index in [2.05, 4.69) is 42.2 Å². The number of aromatic nitrogens is 1. The molecule has 2 aliphatic rings. The van der Waals surface area contributed by atoms with Crippen LogP contribution in [0.4, 0.5) is 5.82 Å². The lowest BCUT2D eigenvalue weighted by atomic mass is 9.95. The van der Waals surface area contributed by atoms with Gasteiger partial charge in [-0.15, -0.1) is 0 Å². The minimum Gasteiger partial charge on any atom is -0.497 e. The quantitative estimate of drug-likeness (QED) is 0.412. The molecule has 35 heavy (non-hydrogen) atoms. The van der Waals surface area contributed by atoms with E-state index in [1.54, 1.807) is 14.2 Å². The number of carbonyl (C=O) groups excluding carboxylic acids is 1. The Morgan fingerprint density at radius 3 is 2.09 bits per heavy atom. The third-order valence-corrected chi connectivity index (χ3v) is 7.63. The molecule has 1 unspecified atom stereocenters. The minimum absolute atomic E-state index is 0.0442. The van der Waals surface area contributed by atoms with Crippen molar-refractivity contribution in [2.45, 2.75) is 38.8 Å². The Labute approximate surface area is 206 Å². The van der Waals surface area contributed by atoms with Crippen molar-refractivity contribution >= 4 is 11.8 Å². The summed E-state index contributed by atoms with van der Waals surface area (Å²) in [5, 5.41) is 0. The Kier molecular flexibility index (Phi) is 6.13. The van der Waals surface area contributed by atoms with Gasteiger partial charge in [-0.3, -0.25) is 4.79 Å². The summed E-state index contributed by atoms with van der Waals surface area (Å²) >= 11 is 0. The fourth-order valence-corrected chi connectivity index (χ4v) is 5.61. The van der Waals surface area contributed by atoms with Crippen LogP contribution < -0.4 is 14.4 Å². The molecule has 0 spiro atoms. The number of fused-ring (bicyclic) bond motifs is 3. The van der Waals surface area contributed by atoms with Gasteiger partial charge in [0.05, 0.1) is 26.7 Å². The molecular weight excluding hydrogens is 440 g/mol. The van der Waals surface area contributed by atoms with Crippen molar-refractivity contribution in [2.75, 3.05) is 25.7 Å². The molecule has 1 aromatic heterocycles. The maximum absolute atomic E-state index is 12.4. The number of hydrogen-bond donors (Lipinski definition) is 0. The third-order valence-electron chi connectivity index (χ3n) is 7.63. The lowest BCUT2D eigenvalue weighted by molar-refractivity contribution is -0.145. The van der Waals surface area contributed by atoms with Crippen LogP contribution >= 0.6 is 0 Å². The molecule has 0 bridgehead atoms. The molecule has 0 saturated heterocycles. The number of ether oxygens (including phenoxy) is 3. The second kappa shape index (κ2) is 9.25. The average Bonchev–Trinajstić information content (AvgIpc) is 3.37. The zero-order valence-corrected chi connectivity index (χ0v) is 20.8. The van der Waals surface area contributed by atoms with E-state index < -0.39 is 0 Å². The molecule has 6 heteroatoms. The molecule has 2 aliphatic carbocycles. The van der Waals surface area contributed by atoms with Crippen LogP contribution in [0.1, 0.15) is 36.1 Å². The molecule has 0 aliphatic heterocycles. The third kappa shape index (κ3) is 4.22. The monoisotopic (exact) mass is 472 g/mol. The van der Waals surface area contributed by atoms with Crippen LogP contribution in [-0.4, -0.2) is 31.8 Å². The van der Waals surface area contributed by atoms with Gasteiger partial charge in [-0.2, -0.15) is 0 Å². The molecule has 2 aromatic carbocycles. The SMILES string of the molecule is CCOC(=O)[C@H]1[C@@H]2Cc3cc(N(Cc4ccc(OC)cc4)Cc4ccc(OC)cc4)ncc3C21C. The number of esters is 1. The fourth-order valence-electron chi connectivity index (χ4n) is 5.61. The van der Waals surface area contributed by atoms with Crippen LogP contribution in [0.5, 0.6) is 11.5 Å². The van der Waals surface area contributed by atoms with Crippen molar-refractivity contribution in [3.05, 3.63) is 83.0 Å². The van der Waals surface area contributed by atoms with Crippen LogP contribution in [0.25, 0.3) is 0 Å². The topological polar surface area (TPSA) is 60.9 Å². The standard InChI is InChI=1S/C29H32N2O4/c1-5-35-28(32)27-24-14-21-15-26(30-16-25(21)29(24,27)2)31(17-19-6-10-22(33-3)11-7-19)18-20-8-12-23(34-4)13-9-20/h6-13,15-16,24,27H,5,14,17-18H2,1-4H3/t24-,27+,29?/m0/s1. The van der Waals surface area contributed by atoms with E-state index in [-0.39, 0.29) is 17.3 Å². The van der Waals surface area contributed by atoms with Crippen LogP contribution in [0.15, 0.2) is 60.8 Å². The van der Waals surface area contributed by atoms with Crippen molar-refractivity contribution < 1.29 is 19.0 Å². The first-order valence-electron chi connectivity index (χ1n) is 12.1. The number of anilines is 1. The highest BCUT2D eigenvalue weighted by Crippen LogP contribution is 2.66. The summed E-state index contributed by atoms with van der Waals surface area (Å²) in [5.74, 6) is 2.82. The van der Waals surface area contributed by atoms with Crippen molar-refractivity contribution in [3.63, 3.8) is 0 Å². The first-order chi connectivity index (χ1) is 17.0. The number of nitrogens with zero attached hydrogens (tertiary/aromatic N) is 2. The fraction of sp³-hybridized carbons (Fsp3) is 0.379. The largest absolute Gasteiger partial charge is 0.497 e. The van der Waals surface area contributed by atoms with Gasteiger partial charge in [-0.1, -0.05) is 31.2 Å². The van der Waals surface area contributed by atoms with Crippen LogP contribution in [0, 0.1) is 11.8 Å². The summed E-state index contributed by atoms with van der Waals surface area (Å²) in [7, 11) is 3.36. The van der Waals surface area contributed by atoms with Gasteiger partial charge in [0, 0.05) is 24.7 Å². The van der Waals surface area contributed by atoms with Gasteiger partial charge in [0.1, 0.15) is 17.3 Å². The van der Waals surface area contributed by atoms with Gasteiger partial charge >= 0.3 is 5.97 Å². The number of rotatable bonds is 9. The van der Waals surface area contributed by atoms with Crippen LogP contribution in [-0.2, 0) is 34.5 Å². The van der Waals surface area contributed by atoms with E-state index in [1.807, 2.05) is 37.4 Å². The van der Waals surface area contributed by atoms with Gasteiger partial charge in [-0.25, -0.2) is 4.98 Å². The lowest BCUT2D eigenvalue weighted by Gasteiger charge is -2.26. The molecule has 0 amide bonds. The predicted molar refractivity (Wildman–Crippen MR) is 135 cm³/mol. The summed E-state index contributed by atoms with van der Waals surface area (Å²) in [6, 6.07) is 18.5. The summed E-state index contributed by atoms with van der Waals surface area (Å²) in [6.45, 7) is 5.90. The molecule has 1 fully saturated rings. The Balaban J connectivity index is 1.42.